The molecule has 0 saturated heterocycles. The van der Waals surface area contributed by atoms with Crippen LogP contribution in [-0.2, 0) is 0 Å². The average Bonchev–Trinajstić information content (AvgIpc) is 2.32. The molecule has 0 aliphatic rings. The molecule has 0 N–H and O–H groups in total. The second-order valence-corrected chi connectivity index (χ2v) is 4.14. The van der Waals surface area contributed by atoms with E-state index in [1.165, 1.54) is 5.56 Å². The Morgan fingerprint density at radius 2 is 1.75 bits per heavy atom. The molecule has 0 heterocycles. The van der Waals surface area contributed by atoms with E-state index in [1.54, 1.807) is 0 Å². The molecule has 0 saturated carbocycles. The van der Waals surface area contributed by atoms with E-state index in [4.69, 9.17) is 11.6 Å². The van der Waals surface area contributed by atoms with Crippen LogP contribution in [0.1, 0.15) is 15.9 Å². The molecule has 0 radical (unpaired) electrons. The van der Waals surface area contributed by atoms with Crippen molar-refractivity contribution < 1.29 is 4.79 Å². The van der Waals surface area contributed by atoms with Crippen LogP contribution >= 0.6 is 11.6 Å². The molecule has 80 valence electrons. The van der Waals surface area contributed by atoms with Crippen molar-refractivity contribution in [1.29, 1.82) is 0 Å². The minimum absolute atomic E-state index is 0.684. The first kappa shape index (κ1) is 10.9. The predicted molar refractivity (Wildman–Crippen MR) is 67.0 cm³/mol. The zero-order valence-electron chi connectivity index (χ0n) is 8.91. The van der Waals surface area contributed by atoms with Crippen molar-refractivity contribution in [3.05, 3.63) is 58.6 Å². The summed E-state index contributed by atoms with van der Waals surface area (Å²) in [5.74, 6) is 0. The van der Waals surface area contributed by atoms with Gasteiger partial charge in [0.2, 0.25) is 0 Å². The molecular weight excluding hydrogens is 220 g/mol. The largest absolute Gasteiger partial charge is 0.298 e. The van der Waals surface area contributed by atoms with Gasteiger partial charge in [0.25, 0.3) is 0 Å². The van der Waals surface area contributed by atoms with Crippen LogP contribution in [-0.4, -0.2) is 6.29 Å². The monoisotopic (exact) mass is 230 g/mol. The highest BCUT2D eigenvalue weighted by atomic mass is 35.5. The second-order valence-electron chi connectivity index (χ2n) is 3.70. The standard InChI is InChI=1S/C14H11ClO/c1-10-2-7-13(15)8-14(10)12-5-3-11(9-16)4-6-12/h2-9H,1H3. The van der Waals surface area contributed by atoms with Gasteiger partial charge in [0, 0.05) is 10.6 Å². The number of aryl methyl sites for hydroxylation is 1. The number of carbonyl (C=O) groups excluding carboxylic acids is 1. The average molecular weight is 231 g/mol. The molecule has 0 amide bonds. The van der Waals surface area contributed by atoms with Gasteiger partial charge in [-0.25, -0.2) is 0 Å². The first-order valence-corrected chi connectivity index (χ1v) is 5.40. The maximum Gasteiger partial charge on any atom is 0.150 e. The minimum Gasteiger partial charge on any atom is -0.298 e. The summed E-state index contributed by atoms with van der Waals surface area (Å²) < 4.78 is 0. The van der Waals surface area contributed by atoms with Crippen molar-refractivity contribution in [3.8, 4) is 11.1 Å². The molecular formula is C14H11ClO. The molecule has 0 aliphatic heterocycles. The van der Waals surface area contributed by atoms with Gasteiger partial charge in [0.1, 0.15) is 6.29 Å². The van der Waals surface area contributed by atoms with Gasteiger partial charge in [-0.2, -0.15) is 0 Å². The van der Waals surface area contributed by atoms with Crippen LogP contribution < -0.4 is 0 Å². The summed E-state index contributed by atoms with van der Waals surface area (Å²) in [5.41, 5.74) is 4.03. The molecule has 16 heavy (non-hydrogen) atoms. The van der Waals surface area contributed by atoms with Crippen molar-refractivity contribution in [2.45, 2.75) is 6.92 Å². The molecule has 2 aromatic rings. The first-order chi connectivity index (χ1) is 7.70. The van der Waals surface area contributed by atoms with Crippen LogP contribution in [0.25, 0.3) is 11.1 Å². The summed E-state index contributed by atoms with van der Waals surface area (Å²) in [4.78, 5) is 10.6. The molecule has 0 bridgehead atoms. The van der Waals surface area contributed by atoms with Gasteiger partial charge in [-0.05, 0) is 35.7 Å². The Bertz CT molecular complexity index is 515. The van der Waals surface area contributed by atoms with Crippen LogP contribution in [0.5, 0.6) is 0 Å². The van der Waals surface area contributed by atoms with Crippen molar-refractivity contribution in [2.75, 3.05) is 0 Å². The van der Waals surface area contributed by atoms with Gasteiger partial charge < -0.3 is 0 Å². The SMILES string of the molecule is Cc1ccc(Cl)cc1-c1ccc(C=O)cc1. The lowest BCUT2D eigenvalue weighted by Gasteiger charge is -2.06. The molecule has 0 aromatic heterocycles. The zero-order chi connectivity index (χ0) is 11.5. The third-order valence-corrected chi connectivity index (χ3v) is 2.79. The first-order valence-electron chi connectivity index (χ1n) is 5.02. The van der Waals surface area contributed by atoms with Crippen molar-refractivity contribution in [2.24, 2.45) is 0 Å². The number of halogens is 1. The Morgan fingerprint density at radius 1 is 1.06 bits per heavy atom. The third kappa shape index (κ3) is 2.15. The molecule has 1 nitrogen and oxygen atoms in total. The van der Waals surface area contributed by atoms with Crippen molar-refractivity contribution >= 4 is 17.9 Å². The molecule has 2 rings (SSSR count). The van der Waals surface area contributed by atoms with Crippen LogP contribution in [0.4, 0.5) is 0 Å². The summed E-state index contributed by atoms with van der Waals surface area (Å²) in [7, 11) is 0. The van der Waals surface area contributed by atoms with Gasteiger partial charge >= 0.3 is 0 Å². The Balaban J connectivity index is 2.49. The number of benzene rings is 2. The number of hydrogen-bond donors (Lipinski definition) is 0. The highest BCUT2D eigenvalue weighted by Gasteiger charge is 2.02. The summed E-state index contributed by atoms with van der Waals surface area (Å²) in [6.45, 7) is 2.04. The van der Waals surface area contributed by atoms with E-state index in [0.29, 0.717) is 5.56 Å². The maximum atomic E-state index is 10.6. The highest BCUT2D eigenvalue weighted by Crippen LogP contribution is 2.26. The topological polar surface area (TPSA) is 17.1 Å². The summed E-state index contributed by atoms with van der Waals surface area (Å²) in [6.07, 6.45) is 0.842. The fourth-order valence-corrected chi connectivity index (χ4v) is 1.82. The Kier molecular flexibility index (Phi) is 3.07. The third-order valence-electron chi connectivity index (χ3n) is 2.56. The van der Waals surface area contributed by atoms with E-state index < -0.39 is 0 Å². The number of aldehydes is 1. The molecule has 2 heteroatoms. The Morgan fingerprint density at radius 3 is 2.38 bits per heavy atom. The van der Waals surface area contributed by atoms with E-state index in [0.717, 1.165) is 22.4 Å². The lowest BCUT2D eigenvalue weighted by atomic mass is 10.00. The van der Waals surface area contributed by atoms with E-state index in [2.05, 4.69) is 0 Å². The number of carbonyl (C=O) groups is 1. The smallest absolute Gasteiger partial charge is 0.150 e. The minimum atomic E-state index is 0.684. The van der Waals surface area contributed by atoms with Crippen molar-refractivity contribution in [1.82, 2.24) is 0 Å². The quantitative estimate of drug-likeness (QED) is 0.709. The number of hydrogen-bond acceptors (Lipinski definition) is 1. The Hall–Kier alpha value is -1.60. The van der Waals surface area contributed by atoms with Crippen LogP contribution in [0.3, 0.4) is 0 Å². The van der Waals surface area contributed by atoms with Crippen LogP contribution in [0, 0.1) is 6.92 Å². The fourth-order valence-electron chi connectivity index (χ4n) is 1.65. The molecule has 2 aromatic carbocycles. The van der Waals surface area contributed by atoms with Gasteiger partial charge in [-0.1, -0.05) is 41.9 Å². The molecule has 0 spiro atoms. The summed E-state index contributed by atoms with van der Waals surface area (Å²) in [6, 6.07) is 13.3. The van der Waals surface area contributed by atoms with Gasteiger partial charge in [0.05, 0.1) is 0 Å². The van der Waals surface area contributed by atoms with Crippen LogP contribution in [0.15, 0.2) is 42.5 Å². The lowest BCUT2D eigenvalue weighted by molar-refractivity contribution is 0.112. The second kappa shape index (κ2) is 4.50. The van der Waals surface area contributed by atoms with Gasteiger partial charge in [-0.3, -0.25) is 4.79 Å². The lowest BCUT2D eigenvalue weighted by Crippen LogP contribution is -1.84. The van der Waals surface area contributed by atoms with Gasteiger partial charge in [-0.15, -0.1) is 0 Å². The van der Waals surface area contributed by atoms with Crippen LogP contribution in [0.2, 0.25) is 5.02 Å². The molecule has 0 aliphatic carbocycles. The van der Waals surface area contributed by atoms with E-state index >= 15 is 0 Å². The summed E-state index contributed by atoms with van der Waals surface area (Å²) in [5, 5.41) is 0.722. The summed E-state index contributed by atoms with van der Waals surface area (Å²) >= 11 is 5.97. The maximum absolute atomic E-state index is 10.6. The fraction of sp³-hybridized carbons (Fsp3) is 0.0714. The molecule has 0 atom stereocenters. The van der Waals surface area contributed by atoms with Crippen molar-refractivity contribution in [3.63, 3.8) is 0 Å². The van der Waals surface area contributed by atoms with E-state index in [-0.39, 0.29) is 0 Å². The Labute approximate surface area is 99.7 Å². The highest BCUT2D eigenvalue weighted by molar-refractivity contribution is 6.30. The number of rotatable bonds is 2. The van der Waals surface area contributed by atoms with E-state index in [9.17, 15) is 4.79 Å². The molecule has 0 unspecified atom stereocenters. The predicted octanol–water partition coefficient (Wildman–Crippen LogP) is 4.13. The van der Waals surface area contributed by atoms with Gasteiger partial charge in [0.15, 0.2) is 0 Å². The normalized spacial score (nSPS) is 10.1. The van der Waals surface area contributed by atoms with E-state index in [1.807, 2.05) is 49.4 Å². The molecule has 0 fully saturated rings. The zero-order valence-corrected chi connectivity index (χ0v) is 9.66.